The fourth-order valence-corrected chi connectivity index (χ4v) is 5.57. The molecular formula is C24H14BrCl2N3OS. The first-order valence-corrected chi connectivity index (χ1v) is 12.0. The van der Waals surface area contributed by atoms with Gasteiger partial charge in [-0.15, -0.1) is 0 Å². The minimum absolute atomic E-state index is 0.245. The summed E-state index contributed by atoms with van der Waals surface area (Å²) in [6.07, 6.45) is 0. The smallest absolute Gasteiger partial charge is 0.258 e. The van der Waals surface area contributed by atoms with Crippen molar-refractivity contribution in [3.8, 4) is 11.3 Å². The van der Waals surface area contributed by atoms with Crippen molar-refractivity contribution in [3.63, 3.8) is 0 Å². The Morgan fingerprint density at radius 2 is 1.81 bits per heavy atom. The Kier molecular flexibility index (Phi) is 5.63. The van der Waals surface area contributed by atoms with Gasteiger partial charge in [0.2, 0.25) is 0 Å². The van der Waals surface area contributed by atoms with Gasteiger partial charge in [-0.2, -0.15) is 0 Å². The number of anilines is 1. The largest absolute Gasteiger partial charge is 0.298 e. The van der Waals surface area contributed by atoms with Crippen molar-refractivity contribution < 1.29 is 4.79 Å². The molecule has 2 heterocycles. The van der Waals surface area contributed by atoms with Gasteiger partial charge in [0.1, 0.15) is 0 Å². The Balaban J connectivity index is 1.64. The Labute approximate surface area is 206 Å². The summed E-state index contributed by atoms with van der Waals surface area (Å²) in [5, 5.41) is 5.29. The molecule has 2 aromatic heterocycles. The SMILES string of the molecule is Cc1c(-c2ccc(Cl)cc2Cl)nc2ccccc2c1C(=O)Nc1nc2ccc(Br)cc2s1. The molecular weight excluding hydrogens is 529 g/mol. The van der Waals surface area contributed by atoms with Gasteiger partial charge in [0.15, 0.2) is 5.13 Å². The Bertz CT molecular complexity index is 1530. The lowest BCUT2D eigenvalue weighted by Gasteiger charge is -2.15. The predicted molar refractivity (Wildman–Crippen MR) is 137 cm³/mol. The first-order chi connectivity index (χ1) is 15.4. The van der Waals surface area contributed by atoms with Crippen molar-refractivity contribution in [2.24, 2.45) is 0 Å². The van der Waals surface area contributed by atoms with Gasteiger partial charge >= 0.3 is 0 Å². The molecule has 0 aliphatic rings. The lowest BCUT2D eigenvalue weighted by Crippen LogP contribution is -2.15. The van der Waals surface area contributed by atoms with E-state index in [9.17, 15) is 4.79 Å². The van der Waals surface area contributed by atoms with Crippen molar-refractivity contribution in [2.75, 3.05) is 5.32 Å². The number of amides is 1. The predicted octanol–water partition coefficient (Wildman–Crippen LogP) is 8.14. The lowest BCUT2D eigenvalue weighted by atomic mass is 9.97. The van der Waals surface area contributed by atoms with E-state index in [1.54, 1.807) is 12.1 Å². The molecule has 0 saturated carbocycles. The number of halogens is 3. The number of rotatable bonds is 3. The number of hydrogen-bond acceptors (Lipinski definition) is 4. The Hall–Kier alpha value is -2.51. The van der Waals surface area contributed by atoms with Crippen molar-refractivity contribution >= 4 is 82.6 Å². The third kappa shape index (κ3) is 3.88. The van der Waals surface area contributed by atoms with E-state index in [1.165, 1.54) is 11.3 Å². The van der Waals surface area contributed by atoms with E-state index >= 15 is 0 Å². The van der Waals surface area contributed by atoms with E-state index in [-0.39, 0.29) is 5.91 Å². The van der Waals surface area contributed by atoms with Gasteiger partial charge in [-0.3, -0.25) is 10.1 Å². The molecule has 0 saturated heterocycles. The fourth-order valence-electron chi connectivity index (χ4n) is 3.66. The monoisotopic (exact) mass is 541 g/mol. The zero-order valence-corrected chi connectivity index (χ0v) is 20.5. The number of aromatic nitrogens is 2. The average molecular weight is 543 g/mol. The van der Waals surface area contributed by atoms with Crippen LogP contribution in [0.3, 0.4) is 0 Å². The second kappa shape index (κ2) is 8.45. The van der Waals surface area contributed by atoms with Gasteiger partial charge in [0, 0.05) is 20.4 Å². The van der Waals surface area contributed by atoms with Crippen molar-refractivity contribution in [1.29, 1.82) is 0 Å². The van der Waals surface area contributed by atoms with E-state index < -0.39 is 0 Å². The van der Waals surface area contributed by atoms with Crippen LogP contribution in [-0.4, -0.2) is 15.9 Å². The molecule has 0 bridgehead atoms. The van der Waals surface area contributed by atoms with E-state index in [0.717, 1.165) is 31.2 Å². The van der Waals surface area contributed by atoms with Crippen LogP contribution in [0.5, 0.6) is 0 Å². The van der Waals surface area contributed by atoms with Crippen LogP contribution in [0.15, 0.2) is 65.1 Å². The molecule has 0 radical (unpaired) electrons. The first-order valence-electron chi connectivity index (χ1n) is 9.63. The summed E-state index contributed by atoms with van der Waals surface area (Å²) in [4.78, 5) is 22.8. The Morgan fingerprint density at radius 3 is 2.62 bits per heavy atom. The van der Waals surface area contributed by atoms with Gasteiger partial charge in [0.05, 0.1) is 32.0 Å². The van der Waals surface area contributed by atoms with Crippen LogP contribution in [0, 0.1) is 6.92 Å². The summed E-state index contributed by atoms with van der Waals surface area (Å²) in [5.74, 6) is -0.245. The average Bonchev–Trinajstić information content (AvgIpc) is 3.14. The van der Waals surface area contributed by atoms with Crippen molar-refractivity contribution in [3.05, 3.63) is 86.3 Å². The summed E-state index contributed by atoms with van der Waals surface area (Å²) in [5.41, 5.74) is 4.17. The molecule has 0 fully saturated rings. The number of carbonyl (C=O) groups is 1. The number of nitrogens with zero attached hydrogens (tertiary/aromatic N) is 2. The maximum atomic E-state index is 13.5. The van der Waals surface area contributed by atoms with Gasteiger partial charge < -0.3 is 0 Å². The third-order valence-corrected chi connectivity index (χ3v) is 7.09. The molecule has 8 heteroatoms. The number of para-hydroxylation sites is 1. The van der Waals surface area contributed by atoms with Crippen LogP contribution in [0.25, 0.3) is 32.4 Å². The highest BCUT2D eigenvalue weighted by molar-refractivity contribution is 9.10. The number of nitrogens with one attached hydrogen (secondary N) is 1. The molecule has 0 unspecified atom stereocenters. The number of hydrogen-bond donors (Lipinski definition) is 1. The quantitative estimate of drug-likeness (QED) is 0.250. The highest BCUT2D eigenvalue weighted by Crippen LogP contribution is 2.36. The molecule has 5 aromatic rings. The first kappa shape index (κ1) is 21.3. The van der Waals surface area contributed by atoms with Crippen LogP contribution in [0.2, 0.25) is 10.0 Å². The van der Waals surface area contributed by atoms with Crippen molar-refractivity contribution in [2.45, 2.75) is 6.92 Å². The number of benzene rings is 3. The molecule has 158 valence electrons. The summed E-state index contributed by atoms with van der Waals surface area (Å²) in [6.45, 7) is 1.88. The van der Waals surface area contributed by atoms with Crippen LogP contribution in [0.1, 0.15) is 15.9 Å². The number of thiazole rings is 1. The number of carbonyl (C=O) groups excluding carboxylic acids is 1. The normalized spacial score (nSPS) is 11.2. The number of pyridine rings is 1. The fraction of sp³-hybridized carbons (Fsp3) is 0.0417. The lowest BCUT2D eigenvalue weighted by molar-refractivity contribution is 0.102. The van der Waals surface area contributed by atoms with Crippen LogP contribution in [-0.2, 0) is 0 Å². The molecule has 1 N–H and O–H groups in total. The Morgan fingerprint density at radius 1 is 1.00 bits per heavy atom. The molecule has 32 heavy (non-hydrogen) atoms. The minimum Gasteiger partial charge on any atom is -0.298 e. The van der Waals surface area contributed by atoms with Crippen LogP contribution < -0.4 is 5.32 Å². The second-order valence-electron chi connectivity index (χ2n) is 7.19. The van der Waals surface area contributed by atoms with Crippen LogP contribution in [0.4, 0.5) is 5.13 Å². The molecule has 4 nitrogen and oxygen atoms in total. The maximum Gasteiger partial charge on any atom is 0.258 e. The van der Waals surface area contributed by atoms with Gasteiger partial charge in [0.25, 0.3) is 5.91 Å². The standard InChI is InChI=1S/C24H14BrCl2N3OS/c1-12-21(23(31)30-24-29-19-9-6-13(25)10-20(19)32-24)16-4-2-3-5-18(16)28-22(12)15-8-7-14(26)11-17(15)27/h2-11H,1H3,(H,29,30,31). The summed E-state index contributed by atoms with van der Waals surface area (Å²) in [7, 11) is 0. The molecule has 3 aromatic carbocycles. The summed E-state index contributed by atoms with van der Waals surface area (Å²) in [6, 6.07) is 18.6. The zero-order valence-electron chi connectivity index (χ0n) is 16.6. The molecule has 0 aliphatic heterocycles. The van der Waals surface area contributed by atoms with Gasteiger partial charge in [-0.05, 0) is 55.0 Å². The summed E-state index contributed by atoms with van der Waals surface area (Å²) < 4.78 is 1.95. The van der Waals surface area contributed by atoms with E-state index in [0.29, 0.717) is 32.0 Å². The molecule has 0 aliphatic carbocycles. The molecule has 0 atom stereocenters. The van der Waals surface area contributed by atoms with Crippen molar-refractivity contribution in [1.82, 2.24) is 9.97 Å². The third-order valence-electron chi connectivity index (χ3n) is 5.12. The van der Waals surface area contributed by atoms with Gasteiger partial charge in [-0.1, -0.05) is 68.7 Å². The highest BCUT2D eigenvalue weighted by Gasteiger charge is 2.21. The molecule has 0 spiro atoms. The van der Waals surface area contributed by atoms with Crippen LogP contribution >= 0.6 is 50.5 Å². The van der Waals surface area contributed by atoms with E-state index in [4.69, 9.17) is 28.2 Å². The zero-order chi connectivity index (χ0) is 22.4. The van der Waals surface area contributed by atoms with E-state index in [1.807, 2.05) is 55.5 Å². The second-order valence-corrected chi connectivity index (χ2v) is 9.98. The molecule has 5 rings (SSSR count). The number of fused-ring (bicyclic) bond motifs is 2. The molecule has 1 amide bonds. The minimum atomic E-state index is -0.245. The van der Waals surface area contributed by atoms with E-state index in [2.05, 4.69) is 26.2 Å². The summed E-state index contributed by atoms with van der Waals surface area (Å²) >= 11 is 17.4. The topological polar surface area (TPSA) is 54.9 Å². The maximum absolute atomic E-state index is 13.5. The highest BCUT2D eigenvalue weighted by atomic mass is 79.9. The van der Waals surface area contributed by atoms with Gasteiger partial charge in [-0.25, -0.2) is 9.97 Å².